The molecule has 204 valence electrons. The van der Waals surface area contributed by atoms with Crippen molar-refractivity contribution < 1.29 is 18.8 Å². The highest BCUT2D eigenvalue weighted by Gasteiger charge is 2.25. The third-order valence-electron chi connectivity index (χ3n) is 7.24. The highest BCUT2D eigenvalue weighted by Crippen LogP contribution is 2.17. The SMILES string of the molecule is COc1ccc(CCNC(=O)c2cc3c(=O)n4cccc(C)c4nc3[n+](CCCN3CCOCC3)c2N)cc1. The van der Waals surface area contributed by atoms with E-state index in [1.54, 1.807) is 19.4 Å². The van der Waals surface area contributed by atoms with Gasteiger partial charge in [0.2, 0.25) is 11.5 Å². The predicted molar refractivity (Wildman–Crippen MR) is 149 cm³/mol. The maximum Gasteiger partial charge on any atom is 0.278 e. The number of nitrogens with one attached hydrogen (secondary N) is 1. The summed E-state index contributed by atoms with van der Waals surface area (Å²) in [5.74, 6) is 0.766. The standard InChI is InChI=1S/C29H34N6O4/c1-20-5-3-13-35-26(20)32-27-24(29(35)37)19-23(25(30)34(27)14-4-12-33-15-17-39-18-16-33)28(36)31-11-10-21-6-8-22(38-2)9-7-21/h3,5-9,13,19,30H,4,10-12,14-18H2,1-2H3,(H,31,36)/p+1. The van der Waals surface area contributed by atoms with Crippen LogP contribution in [-0.4, -0.2) is 66.7 Å². The average Bonchev–Trinajstić information content (AvgIpc) is 2.96. The van der Waals surface area contributed by atoms with Gasteiger partial charge in [0.05, 0.1) is 26.9 Å². The number of carbonyl (C=O) groups is 1. The minimum atomic E-state index is -0.321. The number of anilines is 1. The van der Waals surface area contributed by atoms with Crippen LogP contribution in [0.15, 0.2) is 53.5 Å². The van der Waals surface area contributed by atoms with E-state index in [9.17, 15) is 9.59 Å². The molecule has 1 saturated heterocycles. The molecule has 1 aliphatic rings. The van der Waals surface area contributed by atoms with Gasteiger partial charge in [-0.1, -0.05) is 23.2 Å². The van der Waals surface area contributed by atoms with Crippen LogP contribution in [0.1, 0.15) is 27.9 Å². The summed E-state index contributed by atoms with van der Waals surface area (Å²) in [7, 11) is 1.63. The summed E-state index contributed by atoms with van der Waals surface area (Å²) in [5.41, 5.74) is 9.69. The van der Waals surface area contributed by atoms with Crippen LogP contribution in [0.25, 0.3) is 16.7 Å². The molecule has 10 nitrogen and oxygen atoms in total. The maximum atomic E-state index is 13.6. The van der Waals surface area contributed by atoms with Crippen LogP contribution >= 0.6 is 0 Å². The van der Waals surface area contributed by atoms with E-state index in [1.807, 2.05) is 47.9 Å². The second kappa shape index (κ2) is 11.8. The molecule has 0 aliphatic carbocycles. The zero-order chi connectivity index (χ0) is 27.4. The fourth-order valence-electron chi connectivity index (χ4n) is 5.00. The minimum Gasteiger partial charge on any atom is -0.497 e. The van der Waals surface area contributed by atoms with Crippen LogP contribution in [0.4, 0.5) is 5.82 Å². The third-order valence-corrected chi connectivity index (χ3v) is 7.24. The Balaban J connectivity index is 1.45. The molecule has 10 heteroatoms. The number of hydrogen-bond acceptors (Lipinski definition) is 7. The van der Waals surface area contributed by atoms with Gasteiger partial charge in [0, 0.05) is 37.9 Å². The fourth-order valence-corrected chi connectivity index (χ4v) is 5.00. The van der Waals surface area contributed by atoms with E-state index >= 15 is 0 Å². The normalized spacial score (nSPS) is 14.1. The lowest BCUT2D eigenvalue weighted by molar-refractivity contribution is -0.659. The van der Waals surface area contributed by atoms with Gasteiger partial charge in [-0.05, 0) is 49.6 Å². The van der Waals surface area contributed by atoms with Crippen molar-refractivity contribution in [2.75, 3.05) is 52.2 Å². The van der Waals surface area contributed by atoms with E-state index in [4.69, 9.17) is 20.2 Å². The summed E-state index contributed by atoms with van der Waals surface area (Å²) in [6.07, 6.45) is 3.14. The number of methoxy groups -OCH3 is 1. The first-order chi connectivity index (χ1) is 19.0. The summed E-state index contributed by atoms with van der Waals surface area (Å²) in [6.45, 7) is 6.98. The van der Waals surface area contributed by atoms with Crippen LogP contribution in [0.3, 0.4) is 0 Å². The molecule has 39 heavy (non-hydrogen) atoms. The maximum absolute atomic E-state index is 13.6. The largest absolute Gasteiger partial charge is 0.497 e. The van der Waals surface area contributed by atoms with Crippen LogP contribution in [0.5, 0.6) is 5.75 Å². The Bertz CT molecular complexity index is 1540. The molecule has 5 rings (SSSR count). The number of nitrogens with zero attached hydrogens (tertiary/aromatic N) is 4. The number of aromatic nitrogens is 3. The molecule has 1 aliphatic heterocycles. The molecule has 0 spiro atoms. The van der Waals surface area contributed by atoms with Gasteiger partial charge in [-0.2, -0.15) is 0 Å². The summed E-state index contributed by atoms with van der Waals surface area (Å²) in [5, 5.41) is 3.33. The lowest BCUT2D eigenvalue weighted by Gasteiger charge is -2.26. The van der Waals surface area contributed by atoms with E-state index in [0.29, 0.717) is 42.0 Å². The molecule has 0 radical (unpaired) electrons. The van der Waals surface area contributed by atoms with Crippen molar-refractivity contribution in [2.24, 2.45) is 0 Å². The Morgan fingerprint density at radius 1 is 1.21 bits per heavy atom. The van der Waals surface area contributed by atoms with Gasteiger partial charge >= 0.3 is 0 Å². The molecule has 3 aromatic heterocycles. The first-order valence-corrected chi connectivity index (χ1v) is 13.3. The Hall–Kier alpha value is -4.02. The Labute approximate surface area is 227 Å². The topological polar surface area (TPSA) is 115 Å². The molecule has 0 saturated carbocycles. The minimum absolute atomic E-state index is 0.229. The van der Waals surface area contributed by atoms with Crippen molar-refractivity contribution in [3.05, 3.63) is 75.7 Å². The molecule has 0 unspecified atom stereocenters. The van der Waals surface area contributed by atoms with Gasteiger partial charge in [0.25, 0.3) is 17.1 Å². The van der Waals surface area contributed by atoms with Crippen LogP contribution in [-0.2, 0) is 17.7 Å². The molecule has 1 fully saturated rings. The Kier molecular flexibility index (Phi) is 8.04. The molecule has 4 aromatic rings. The van der Waals surface area contributed by atoms with Gasteiger partial charge in [-0.25, -0.2) is 4.57 Å². The van der Waals surface area contributed by atoms with Crippen LogP contribution in [0.2, 0.25) is 0 Å². The predicted octanol–water partition coefficient (Wildman–Crippen LogP) is 1.73. The smallest absolute Gasteiger partial charge is 0.278 e. The zero-order valence-electron chi connectivity index (χ0n) is 22.5. The molecule has 4 heterocycles. The Morgan fingerprint density at radius 2 is 1.97 bits per heavy atom. The molecule has 0 bridgehead atoms. The van der Waals surface area contributed by atoms with Crippen molar-refractivity contribution in [3.8, 4) is 5.75 Å². The summed E-state index contributed by atoms with van der Waals surface area (Å²) in [6, 6.07) is 13.0. The summed E-state index contributed by atoms with van der Waals surface area (Å²) >= 11 is 0. The van der Waals surface area contributed by atoms with Crippen molar-refractivity contribution in [1.29, 1.82) is 0 Å². The third kappa shape index (κ3) is 5.71. The number of rotatable bonds is 9. The number of ether oxygens (including phenoxy) is 2. The van der Waals surface area contributed by atoms with Crippen LogP contribution in [0, 0.1) is 6.92 Å². The van der Waals surface area contributed by atoms with Gasteiger partial charge in [-0.15, -0.1) is 0 Å². The number of carbonyl (C=O) groups excluding carboxylic acids is 1. The summed E-state index contributed by atoms with van der Waals surface area (Å²) in [4.78, 5) is 34.1. The molecule has 3 N–H and O–H groups in total. The number of nitrogen functional groups attached to an aromatic ring is 1. The molecule has 0 atom stereocenters. The van der Waals surface area contributed by atoms with Gasteiger partial charge in [0.15, 0.2) is 0 Å². The fraction of sp³-hybridized carbons (Fsp3) is 0.379. The van der Waals surface area contributed by atoms with Crippen molar-refractivity contribution >= 4 is 28.4 Å². The first kappa shape index (κ1) is 26.6. The summed E-state index contributed by atoms with van der Waals surface area (Å²) < 4.78 is 14.0. The van der Waals surface area contributed by atoms with Crippen molar-refractivity contribution in [1.82, 2.24) is 19.6 Å². The van der Waals surface area contributed by atoms with E-state index < -0.39 is 0 Å². The number of benzene rings is 1. The number of fused-ring (bicyclic) bond motifs is 2. The number of aryl methyl sites for hydroxylation is 2. The molecule has 1 aromatic carbocycles. The monoisotopic (exact) mass is 531 g/mol. The number of nitrogens with two attached hydrogens (primary N) is 1. The number of morpholine rings is 1. The number of pyridine rings is 2. The van der Waals surface area contributed by atoms with E-state index in [2.05, 4.69) is 10.2 Å². The van der Waals surface area contributed by atoms with Crippen LogP contribution < -0.4 is 25.9 Å². The number of amides is 1. The highest BCUT2D eigenvalue weighted by atomic mass is 16.5. The zero-order valence-corrected chi connectivity index (χ0v) is 22.5. The lowest BCUT2D eigenvalue weighted by atomic mass is 10.1. The molecular weight excluding hydrogens is 496 g/mol. The second-order valence-electron chi connectivity index (χ2n) is 9.80. The van der Waals surface area contributed by atoms with E-state index in [1.165, 1.54) is 4.40 Å². The Morgan fingerprint density at radius 3 is 2.72 bits per heavy atom. The first-order valence-electron chi connectivity index (χ1n) is 13.3. The van der Waals surface area contributed by atoms with Crippen molar-refractivity contribution in [2.45, 2.75) is 26.3 Å². The highest BCUT2D eigenvalue weighted by molar-refractivity contribution is 6.00. The molecule has 1 amide bonds. The second-order valence-corrected chi connectivity index (χ2v) is 9.80. The average molecular weight is 532 g/mol. The van der Waals surface area contributed by atoms with Gasteiger partial charge < -0.3 is 20.5 Å². The lowest BCUT2D eigenvalue weighted by Crippen LogP contribution is -2.44. The molecular formula is C29H35N6O4+. The quantitative estimate of drug-likeness (QED) is 0.250. The van der Waals surface area contributed by atoms with Crippen molar-refractivity contribution in [3.63, 3.8) is 0 Å². The van der Waals surface area contributed by atoms with E-state index in [0.717, 1.165) is 56.1 Å². The van der Waals surface area contributed by atoms with E-state index in [-0.39, 0.29) is 17.0 Å². The van der Waals surface area contributed by atoms with Gasteiger partial charge in [-0.3, -0.25) is 18.9 Å². The number of hydrogen-bond donors (Lipinski definition) is 2. The van der Waals surface area contributed by atoms with Gasteiger partial charge in [0.1, 0.15) is 16.7 Å².